The van der Waals surface area contributed by atoms with Gasteiger partial charge in [-0.1, -0.05) is 35.0 Å². The highest BCUT2D eigenvalue weighted by Crippen LogP contribution is 2.27. The van der Waals surface area contributed by atoms with Crippen LogP contribution in [0.5, 0.6) is 5.75 Å². The van der Waals surface area contributed by atoms with Gasteiger partial charge in [-0.05, 0) is 37.3 Å². The van der Waals surface area contributed by atoms with Crippen molar-refractivity contribution in [1.29, 1.82) is 0 Å². The zero-order valence-corrected chi connectivity index (χ0v) is 15.8. The van der Waals surface area contributed by atoms with Crippen LogP contribution in [0, 0.1) is 0 Å². The Balaban J connectivity index is 1.70. The minimum atomic E-state index is -0.361. The van der Waals surface area contributed by atoms with Crippen LogP contribution in [0.2, 0.25) is 10.0 Å². The normalized spacial score (nSPS) is 12.2. The molecule has 5 nitrogen and oxygen atoms in total. The minimum absolute atomic E-state index is 0.165. The number of rotatable bonds is 5. The predicted molar refractivity (Wildman–Crippen MR) is 103 cm³/mol. The lowest BCUT2D eigenvalue weighted by atomic mass is 10.3. The first-order valence-corrected chi connectivity index (χ1v) is 9.05. The van der Waals surface area contributed by atoms with Gasteiger partial charge >= 0.3 is 0 Å². The van der Waals surface area contributed by atoms with Gasteiger partial charge in [-0.3, -0.25) is 4.79 Å². The van der Waals surface area contributed by atoms with E-state index in [4.69, 9.17) is 27.9 Å². The minimum Gasteiger partial charge on any atom is -0.497 e. The third-order valence-electron chi connectivity index (χ3n) is 3.46. The molecule has 1 amide bonds. The lowest BCUT2D eigenvalue weighted by molar-refractivity contribution is -0.115. The Morgan fingerprint density at radius 1 is 1.24 bits per heavy atom. The number of carbonyl (C=O) groups is 1. The second-order valence-corrected chi connectivity index (χ2v) is 7.53. The first-order valence-electron chi connectivity index (χ1n) is 7.42. The molecule has 2 aromatic carbocycles. The molecule has 0 aliphatic heterocycles. The molecule has 1 heterocycles. The number of methoxy groups -OCH3 is 1. The van der Waals surface area contributed by atoms with Crippen molar-refractivity contribution >= 4 is 57.6 Å². The maximum atomic E-state index is 12.4. The van der Waals surface area contributed by atoms with Gasteiger partial charge in [0.15, 0.2) is 5.16 Å². The topological polar surface area (TPSA) is 67.0 Å². The van der Waals surface area contributed by atoms with Gasteiger partial charge in [0.25, 0.3) is 0 Å². The summed E-state index contributed by atoms with van der Waals surface area (Å²) in [5.41, 5.74) is 2.23. The van der Waals surface area contributed by atoms with Crippen LogP contribution in [-0.2, 0) is 4.79 Å². The number of ether oxygens (including phenoxy) is 1. The zero-order valence-electron chi connectivity index (χ0n) is 13.5. The number of hydrogen-bond donors (Lipinski definition) is 2. The standard InChI is InChI=1S/C17H15Cl2N3O2S/c1-9(16(23)20-12-6-10(18)5-11(19)7-12)25-17-21-14-4-3-13(24-2)8-15(14)22-17/h3-9H,1-2H3,(H,20,23)(H,21,22). The number of aromatic amines is 1. The highest BCUT2D eigenvalue weighted by atomic mass is 35.5. The molecule has 0 radical (unpaired) electrons. The highest BCUT2D eigenvalue weighted by molar-refractivity contribution is 8.00. The fourth-order valence-electron chi connectivity index (χ4n) is 2.24. The van der Waals surface area contributed by atoms with Gasteiger partial charge in [0.2, 0.25) is 5.91 Å². The van der Waals surface area contributed by atoms with Crippen molar-refractivity contribution in [3.63, 3.8) is 0 Å². The number of carbonyl (C=O) groups excluding carboxylic acids is 1. The monoisotopic (exact) mass is 395 g/mol. The van der Waals surface area contributed by atoms with E-state index in [2.05, 4.69) is 15.3 Å². The zero-order chi connectivity index (χ0) is 18.0. The van der Waals surface area contributed by atoms with Crippen LogP contribution in [0.3, 0.4) is 0 Å². The summed E-state index contributed by atoms with van der Waals surface area (Å²) >= 11 is 13.2. The SMILES string of the molecule is COc1ccc2nc(SC(C)C(=O)Nc3cc(Cl)cc(Cl)c3)[nH]c2c1. The van der Waals surface area contributed by atoms with Crippen molar-refractivity contribution in [1.82, 2.24) is 9.97 Å². The van der Waals surface area contributed by atoms with Crippen LogP contribution < -0.4 is 10.1 Å². The van der Waals surface area contributed by atoms with Crippen LogP contribution >= 0.6 is 35.0 Å². The number of fused-ring (bicyclic) bond motifs is 1. The Labute approximate surface area is 159 Å². The average Bonchev–Trinajstić information content (AvgIpc) is 2.94. The molecule has 25 heavy (non-hydrogen) atoms. The Morgan fingerprint density at radius 2 is 1.96 bits per heavy atom. The molecule has 3 rings (SSSR count). The number of anilines is 1. The van der Waals surface area contributed by atoms with E-state index in [9.17, 15) is 4.79 Å². The Hall–Kier alpha value is -1.89. The van der Waals surface area contributed by atoms with Crippen molar-refractivity contribution in [3.05, 3.63) is 46.4 Å². The molecule has 2 N–H and O–H groups in total. The Morgan fingerprint density at radius 3 is 2.64 bits per heavy atom. The molecule has 0 spiro atoms. The van der Waals surface area contributed by atoms with Gasteiger partial charge in [-0.2, -0.15) is 0 Å². The first kappa shape index (κ1) is 17.9. The van der Waals surface area contributed by atoms with Gasteiger partial charge in [-0.25, -0.2) is 4.98 Å². The second kappa shape index (κ2) is 7.56. The lowest BCUT2D eigenvalue weighted by Gasteiger charge is -2.11. The second-order valence-electron chi connectivity index (χ2n) is 5.33. The molecule has 8 heteroatoms. The van der Waals surface area contributed by atoms with Gasteiger partial charge in [-0.15, -0.1) is 0 Å². The number of nitrogens with one attached hydrogen (secondary N) is 2. The van der Waals surface area contributed by atoms with Crippen LogP contribution in [0.1, 0.15) is 6.92 Å². The number of halogens is 2. The number of nitrogens with zero attached hydrogens (tertiary/aromatic N) is 1. The molecule has 3 aromatic rings. The molecule has 0 aliphatic carbocycles. The molecule has 0 saturated carbocycles. The summed E-state index contributed by atoms with van der Waals surface area (Å²) < 4.78 is 5.20. The molecule has 1 unspecified atom stereocenters. The number of aromatic nitrogens is 2. The quantitative estimate of drug-likeness (QED) is 0.596. The van der Waals surface area contributed by atoms with E-state index in [0.29, 0.717) is 20.9 Å². The van der Waals surface area contributed by atoms with Crippen molar-refractivity contribution in [2.45, 2.75) is 17.3 Å². The summed E-state index contributed by atoms with van der Waals surface area (Å²) in [7, 11) is 1.61. The van der Waals surface area contributed by atoms with E-state index in [1.54, 1.807) is 32.2 Å². The van der Waals surface area contributed by atoms with Crippen LogP contribution in [0.25, 0.3) is 11.0 Å². The molecule has 1 aromatic heterocycles. The summed E-state index contributed by atoms with van der Waals surface area (Å²) in [6.45, 7) is 1.81. The van der Waals surface area contributed by atoms with E-state index in [1.807, 2.05) is 18.2 Å². The van der Waals surface area contributed by atoms with E-state index < -0.39 is 0 Å². The first-order chi connectivity index (χ1) is 11.9. The van der Waals surface area contributed by atoms with Crippen molar-refractivity contribution in [2.24, 2.45) is 0 Å². The molecule has 0 saturated heterocycles. The fourth-order valence-corrected chi connectivity index (χ4v) is 3.59. The molecule has 130 valence electrons. The maximum Gasteiger partial charge on any atom is 0.237 e. The molecule has 0 bridgehead atoms. The maximum absolute atomic E-state index is 12.4. The average molecular weight is 396 g/mol. The highest BCUT2D eigenvalue weighted by Gasteiger charge is 2.17. The van der Waals surface area contributed by atoms with Gasteiger partial charge in [0.05, 0.1) is 23.4 Å². The van der Waals surface area contributed by atoms with Crippen LogP contribution in [0.4, 0.5) is 5.69 Å². The van der Waals surface area contributed by atoms with E-state index in [1.165, 1.54) is 11.8 Å². The van der Waals surface area contributed by atoms with Gasteiger partial charge in [0.1, 0.15) is 5.75 Å². The molecular weight excluding hydrogens is 381 g/mol. The molecule has 0 fully saturated rings. The fraction of sp³-hybridized carbons (Fsp3) is 0.176. The summed E-state index contributed by atoms with van der Waals surface area (Å²) in [5.74, 6) is 0.581. The number of H-pyrrole nitrogens is 1. The van der Waals surface area contributed by atoms with Crippen molar-refractivity contribution < 1.29 is 9.53 Å². The third-order valence-corrected chi connectivity index (χ3v) is 4.88. The molecule has 0 aliphatic rings. The lowest BCUT2D eigenvalue weighted by Crippen LogP contribution is -2.22. The van der Waals surface area contributed by atoms with E-state index >= 15 is 0 Å². The Bertz CT molecular complexity index is 909. The largest absolute Gasteiger partial charge is 0.497 e. The Kier molecular flexibility index (Phi) is 5.42. The number of hydrogen-bond acceptors (Lipinski definition) is 4. The van der Waals surface area contributed by atoms with Crippen molar-refractivity contribution in [3.8, 4) is 5.75 Å². The predicted octanol–water partition coefficient (Wildman–Crippen LogP) is 5.00. The van der Waals surface area contributed by atoms with E-state index in [-0.39, 0.29) is 11.2 Å². The summed E-state index contributed by atoms with van der Waals surface area (Å²) in [4.78, 5) is 20.0. The van der Waals surface area contributed by atoms with Gasteiger partial charge < -0.3 is 15.0 Å². The van der Waals surface area contributed by atoms with Crippen molar-refractivity contribution in [2.75, 3.05) is 12.4 Å². The van der Waals surface area contributed by atoms with Crippen LogP contribution in [-0.4, -0.2) is 28.2 Å². The molecular formula is C17H15Cl2N3O2S. The van der Waals surface area contributed by atoms with Crippen LogP contribution in [0.15, 0.2) is 41.6 Å². The van der Waals surface area contributed by atoms with E-state index in [0.717, 1.165) is 16.8 Å². The number of imidazole rings is 1. The smallest absolute Gasteiger partial charge is 0.237 e. The number of thioether (sulfide) groups is 1. The summed E-state index contributed by atoms with van der Waals surface area (Å²) in [6.07, 6.45) is 0. The number of amides is 1. The summed E-state index contributed by atoms with van der Waals surface area (Å²) in [5, 5.41) is 4.04. The summed E-state index contributed by atoms with van der Waals surface area (Å²) in [6, 6.07) is 10.5. The number of benzene rings is 2. The molecule has 1 atom stereocenters. The van der Waals surface area contributed by atoms with Gasteiger partial charge in [0, 0.05) is 21.8 Å². The third kappa shape index (κ3) is 4.39.